The summed E-state index contributed by atoms with van der Waals surface area (Å²) in [6.45, 7) is 2.13. The maximum absolute atomic E-state index is 12.0. The molecule has 0 saturated carbocycles. The van der Waals surface area contributed by atoms with Crippen LogP contribution in [0.25, 0.3) is 0 Å². The van der Waals surface area contributed by atoms with E-state index in [1.165, 1.54) is 7.05 Å². The lowest BCUT2D eigenvalue weighted by Crippen LogP contribution is -2.38. The van der Waals surface area contributed by atoms with E-state index >= 15 is 0 Å². The van der Waals surface area contributed by atoms with Gasteiger partial charge in [0.2, 0.25) is 0 Å². The van der Waals surface area contributed by atoms with Crippen LogP contribution < -0.4 is 10.6 Å². The summed E-state index contributed by atoms with van der Waals surface area (Å²) in [7, 11) is 1.51. The van der Waals surface area contributed by atoms with Gasteiger partial charge < -0.3 is 10.6 Å². The molecule has 0 aliphatic rings. The van der Waals surface area contributed by atoms with Gasteiger partial charge in [-0.15, -0.1) is 0 Å². The number of pyridine rings is 1. The van der Waals surface area contributed by atoms with Gasteiger partial charge in [-0.05, 0) is 18.6 Å². The smallest absolute Gasteiger partial charge is 0.356 e. The second-order valence-electron chi connectivity index (χ2n) is 3.98. The Morgan fingerprint density at radius 2 is 2.11 bits per heavy atom. The van der Waals surface area contributed by atoms with E-state index in [9.17, 15) is 13.2 Å². The van der Waals surface area contributed by atoms with E-state index in [-0.39, 0.29) is 6.54 Å². The van der Waals surface area contributed by atoms with Gasteiger partial charge in [0.15, 0.2) is 5.96 Å². The van der Waals surface area contributed by atoms with Gasteiger partial charge in [-0.25, -0.2) is 0 Å². The third-order valence-electron chi connectivity index (χ3n) is 2.47. The molecule has 0 atom stereocenters. The Kier molecular flexibility index (Phi) is 5.59. The van der Waals surface area contributed by atoms with Crippen molar-refractivity contribution in [2.24, 2.45) is 4.99 Å². The SMILES string of the molecule is CN=C(NCCC(F)(F)F)NCc1ncccc1C. The number of halogens is 3. The van der Waals surface area contributed by atoms with Crippen LogP contribution in [-0.4, -0.2) is 30.7 Å². The topological polar surface area (TPSA) is 49.3 Å². The van der Waals surface area contributed by atoms with E-state index in [0.717, 1.165) is 11.3 Å². The van der Waals surface area contributed by atoms with Crippen LogP contribution in [0.1, 0.15) is 17.7 Å². The van der Waals surface area contributed by atoms with Gasteiger partial charge in [0.25, 0.3) is 0 Å². The lowest BCUT2D eigenvalue weighted by Gasteiger charge is -2.13. The summed E-state index contributed by atoms with van der Waals surface area (Å²) < 4.78 is 36.0. The molecule has 0 amide bonds. The van der Waals surface area contributed by atoms with Crippen LogP contribution in [0.3, 0.4) is 0 Å². The predicted molar refractivity (Wildman–Crippen MR) is 67.8 cm³/mol. The van der Waals surface area contributed by atoms with E-state index in [2.05, 4.69) is 20.6 Å². The van der Waals surface area contributed by atoms with Crippen LogP contribution in [0.4, 0.5) is 13.2 Å². The number of hydrogen-bond donors (Lipinski definition) is 2. The van der Waals surface area contributed by atoms with Crippen LogP contribution in [0, 0.1) is 6.92 Å². The number of nitrogens with one attached hydrogen (secondary N) is 2. The normalized spacial score (nSPS) is 12.4. The lowest BCUT2D eigenvalue weighted by molar-refractivity contribution is -0.132. The molecular formula is C12H17F3N4. The molecule has 0 saturated heterocycles. The minimum atomic E-state index is -4.16. The van der Waals surface area contributed by atoms with Crippen molar-refractivity contribution < 1.29 is 13.2 Å². The van der Waals surface area contributed by atoms with Crippen LogP contribution in [0.5, 0.6) is 0 Å². The summed E-state index contributed by atoms with van der Waals surface area (Å²) in [6, 6.07) is 3.75. The summed E-state index contributed by atoms with van der Waals surface area (Å²) >= 11 is 0. The average Bonchev–Trinajstić information content (AvgIpc) is 2.34. The minimum Gasteiger partial charge on any atom is -0.356 e. The minimum absolute atomic E-state index is 0.204. The van der Waals surface area contributed by atoms with Gasteiger partial charge in [0.05, 0.1) is 18.7 Å². The molecule has 0 radical (unpaired) electrons. The van der Waals surface area contributed by atoms with Crippen LogP contribution in [0.15, 0.2) is 23.3 Å². The first kappa shape index (κ1) is 15.3. The number of aromatic nitrogens is 1. The molecule has 2 N–H and O–H groups in total. The van der Waals surface area contributed by atoms with Crippen molar-refractivity contribution in [1.82, 2.24) is 15.6 Å². The zero-order chi connectivity index (χ0) is 14.3. The first-order valence-corrected chi connectivity index (χ1v) is 5.84. The molecule has 19 heavy (non-hydrogen) atoms. The second kappa shape index (κ2) is 6.96. The fourth-order valence-corrected chi connectivity index (χ4v) is 1.41. The van der Waals surface area contributed by atoms with Crippen molar-refractivity contribution in [2.75, 3.05) is 13.6 Å². The number of alkyl halides is 3. The van der Waals surface area contributed by atoms with Gasteiger partial charge in [0.1, 0.15) is 0 Å². The number of aryl methyl sites for hydroxylation is 1. The summed E-state index contributed by atoms with van der Waals surface area (Å²) in [5, 5.41) is 5.53. The fraction of sp³-hybridized carbons (Fsp3) is 0.500. The van der Waals surface area contributed by atoms with Crippen molar-refractivity contribution in [3.05, 3.63) is 29.6 Å². The number of rotatable bonds is 4. The van der Waals surface area contributed by atoms with Gasteiger partial charge in [-0.3, -0.25) is 9.98 Å². The molecule has 0 aliphatic carbocycles. The number of aliphatic imine (C=N–C) groups is 1. The zero-order valence-corrected chi connectivity index (χ0v) is 10.9. The zero-order valence-electron chi connectivity index (χ0n) is 10.9. The Morgan fingerprint density at radius 1 is 1.37 bits per heavy atom. The highest BCUT2D eigenvalue weighted by Gasteiger charge is 2.26. The summed E-state index contributed by atoms with van der Waals surface area (Å²) in [4.78, 5) is 8.03. The molecule has 7 heteroatoms. The van der Waals surface area contributed by atoms with Crippen LogP contribution in [0.2, 0.25) is 0 Å². The Hall–Kier alpha value is -1.79. The average molecular weight is 274 g/mol. The fourth-order valence-electron chi connectivity index (χ4n) is 1.41. The molecule has 0 unspecified atom stereocenters. The third kappa shape index (κ3) is 6.08. The highest BCUT2D eigenvalue weighted by atomic mass is 19.4. The van der Waals surface area contributed by atoms with E-state index in [1.807, 2.05) is 19.1 Å². The standard InChI is InChI=1S/C12H17F3N4/c1-9-4-3-6-17-10(9)8-19-11(16-2)18-7-5-12(13,14)15/h3-4,6H,5,7-8H2,1-2H3,(H2,16,18,19). The molecule has 1 aromatic rings. The Balaban J connectivity index is 2.40. The van der Waals surface area contributed by atoms with Gasteiger partial charge in [-0.2, -0.15) is 13.2 Å². The number of nitrogens with zero attached hydrogens (tertiary/aromatic N) is 2. The highest BCUT2D eigenvalue weighted by Crippen LogP contribution is 2.17. The van der Waals surface area contributed by atoms with Crippen molar-refractivity contribution >= 4 is 5.96 Å². The molecule has 0 aliphatic heterocycles. The summed E-state index contributed by atoms with van der Waals surface area (Å²) in [5.74, 6) is 0.328. The quantitative estimate of drug-likeness (QED) is 0.652. The molecular weight excluding hydrogens is 257 g/mol. The molecule has 1 heterocycles. The molecule has 4 nitrogen and oxygen atoms in total. The molecule has 0 fully saturated rings. The Labute approximate surface area is 110 Å². The maximum Gasteiger partial charge on any atom is 0.390 e. The third-order valence-corrected chi connectivity index (χ3v) is 2.47. The highest BCUT2D eigenvalue weighted by molar-refractivity contribution is 5.79. The second-order valence-corrected chi connectivity index (χ2v) is 3.98. The van der Waals surface area contributed by atoms with E-state index in [1.54, 1.807) is 6.20 Å². The maximum atomic E-state index is 12.0. The van der Waals surface area contributed by atoms with Crippen LogP contribution >= 0.6 is 0 Å². The monoisotopic (exact) mass is 274 g/mol. The summed E-state index contributed by atoms with van der Waals surface area (Å²) in [5.41, 5.74) is 1.85. The van der Waals surface area contributed by atoms with E-state index in [4.69, 9.17) is 0 Å². The molecule has 106 valence electrons. The van der Waals surface area contributed by atoms with E-state index < -0.39 is 12.6 Å². The molecule has 1 rings (SSSR count). The summed E-state index contributed by atoms with van der Waals surface area (Å²) in [6.07, 6.45) is -3.39. The number of hydrogen-bond acceptors (Lipinski definition) is 2. The van der Waals surface area contributed by atoms with Crippen molar-refractivity contribution in [2.45, 2.75) is 26.1 Å². The molecule has 1 aromatic heterocycles. The van der Waals surface area contributed by atoms with Crippen LogP contribution in [-0.2, 0) is 6.54 Å². The van der Waals surface area contributed by atoms with Gasteiger partial charge in [0, 0.05) is 19.8 Å². The van der Waals surface area contributed by atoms with E-state index in [0.29, 0.717) is 12.5 Å². The predicted octanol–water partition coefficient (Wildman–Crippen LogP) is 2.01. The van der Waals surface area contributed by atoms with Crippen molar-refractivity contribution in [1.29, 1.82) is 0 Å². The largest absolute Gasteiger partial charge is 0.390 e. The molecule has 0 aromatic carbocycles. The Morgan fingerprint density at radius 3 is 2.68 bits per heavy atom. The number of guanidine groups is 1. The molecule has 0 bridgehead atoms. The van der Waals surface area contributed by atoms with Crippen molar-refractivity contribution in [3.8, 4) is 0 Å². The first-order chi connectivity index (χ1) is 8.92. The van der Waals surface area contributed by atoms with Crippen molar-refractivity contribution in [3.63, 3.8) is 0 Å². The van der Waals surface area contributed by atoms with Gasteiger partial charge >= 0.3 is 6.18 Å². The lowest BCUT2D eigenvalue weighted by atomic mass is 10.2. The Bertz CT molecular complexity index is 429. The first-order valence-electron chi connectivity index (χ1n) is 5.84. The molecule has 0 spiro atoms. The van der Waals surface area contributed by atoms with Gasteiger partial charge in [-0.1, -0.05) is 6.07 Å².